The summed E-state index contributed by atoms with van der Waals surface area (Å²) in [5.41, 5.74) is 5.08. The van der Waals surface area contributed by atoms with E-state index in [1.165, 1.54) is 36.8 Å². The van der Waals surface area contributed by atoms with E-state index in [0.29, 0.717) is 5.57 Å². The second-order valence-corrected chi connectivity index (χ2v) is 7.43. The number of methoxy groups -OCH3 is 1. The number of hydrogen-bond acceptors (Lipinski definition) is 3. The van der Waals surface area contributed by atoms with Crippen LogP contribution >= 0.6 is 0 Å². The summed E-state index contributed by atoms with van der Waals surface area (Å²) in [5, 5.41) is 2.95. The van der Waals surface area contributed by atoms with Gasteiger partial charge in [0.15, 0.2) is 0 Å². The molecule has 2 aliphatic rings. The fourth-order valence-corrected chi connectivity index (χ4v) is 4.16. The van der Waals surface area contributed by atoms with Crippen molar-refractivity contribution in [1.29, 1.82) is 0 Å². The van der Waals surface area contributed by atoms with Crippen LogP contribution in [0.2, 0.25) is 0 Å². The van der Waals surface area contributed by atoms with Crippen molar-refractivity contribution in [2.45, 2.75) is 58.3 Å². The van der Waals surface area contributed by atoms with Crippen LogP contribution in [0, 0.1) is 0 Å². The van der Waals surface area contributed by atoms with E-state index in [9.17, 15) is 4.79 Å². The van der Waals surface area contributed by atoms with E-state index in [-0.39, 0.29) is 5.91 Å². The zero-order chi connectivity index (χ0) is 18.8. The predicted octanol–water partition coefficient (Wildman–Crippen LogP) is 5.39. The lowest BCUT2D eigenvalue weighted by atomic mass is 9.92. The molecule has 1 aliphatic carbocycles. The lowest BCUT2D eigenvalue weighted by Gasteiger charge is -2.10. The molecule has 0 bridgehead atoms. The van der Waals surface area contributed by atoms with Crippen LogP contribution in [0.1, 0.15) is 67.2 Å². The van der Waals surface area contributed by atoms with Crippen molar-refractivity contribution in [1.82, 2.24) is 0 Å². The van der Waals surface area contributed by atoms with E-state index >= 15 is 0 Å². The maximum absolute atomic E-state index is 12.6. The number of fused-ring (bicyclic) bond motifs is 2. The van der Waals surface area contributed by atoms with Crippen molar-refractivity contribution in [3.63, 3.8) is 0 Å². The number of amides is 1. The van der Waals surface area contributed by atoms with Crippen molar-refractivity contribution in [3.8, 4) is 5.75 Å². The van der Waals surface area contributed by atoms with Gasteiger partial charge in [-0.2, -0.15) is 0 Å². The first-order valence-electron chi connectivity index (χ1n) is 10.1. The Kier molecular flexibility index (Phi) is 5.06. The third kappa shape index (κ3) is 3.41. The Labute approximate surface area is 160 Å². The van der Waals surface area contributed by atoms with Crippen molar-refractivity contribution in [2.24, 2.45) is 0 Å². The zero-order valence-electron chi connectivity index (χ0n) is 16.2. The SMILES string of the molecule is CCCCCc1c(C=C2C(=O)Nc3ccc(OC)cc32)oc2c1CCCC2. The number of rotatable bonds is 6. The van der Waals surface area contributed by atoms with Crippen LogP contribution in [0.4, 0.5) is 5.69 Å². The van der Waals surface area contributed by atoms with E-state index in [1.807, 2.05) is 24.3 Å². The second kappa shape index (κ2) is 7.63. The molecule has 0 atom stereocenters. The van der Waals surface area contributed by atoms with Crippen LogP contribution in [-0.4, -0.2) is 13.0 Å². The number of carbonyl (C=O) groups excluding carboxylic acids is 1. The smallest absolute Gasteiger partial charge is 0.256 e. The molecule has 0 fully saturated rings. The number of carbonyl (C=O) groups is 1. The molecule has 1 aliphatic heterocycles. The molecule has 27 heavy (non-hydrogen) atoms. The Bertz CT molecular complexity index is 891. The highest BCUT2D eigenvalue weighted by atomic mass is 16.5. The van der Waals surface area contributed by atoms with Gasteiger partial charge in [-0.3, -0.25) is 4.79 Å². The normalized spacial score (nSPS) is 17.0. The molecule has 2 heterocycles. The van der Waals surface area contributed by atoms with Crippen molar-refractivity contribution in [2.75, 3.05) is 12.4 Å². The Morgan fingerprint density at radius 1 is 1.22 bits per heavy atom. The summed E-state index contributed by atoms with van der Waals surface area (Å²) in [6.45, 7) is 2.22. The van der Waals surface area contributed by atoms with Crippen LogP contribution in [0.5, 0.6) is 5.75 Å². The van der Waals surface area contributed by atoms with E-state index in [1.54, 1.807) is 7.11 Å². The molecule has 1 N–H and O–H groups in total. The topological polar surface area (TPSA) is 51.5 Å². The Balaban J connectivity index is 1.75. The number of benzene rings is 1. The van der Waals surface area contributed by atoms with Gasteiger partial charge in [0.25, 0.3) is 5.91 Å². The van der Waals surface area contributed by atoms with Crippen molar-refractivity contribution < 1.29 is 13.9 Å². The number of furan rings is 1. The molecule has 0 saturated heterocycles. The molecule has 0 unspecified atom stereocenters. The maximum Gasteiger partial charge on any atom is 0.256 e. The van der Waals surface area contributed by atoms with Gasteiger partial charge >= 0.3 is 0 Å². The average molecular weight is 365 g/mol. The van der Waals surface area contributed by atoms with Crippen molar-refractivity contribution >= 4 is 23.2 Å². The summed E-state index contributed by atoms with van der Waals surface area (Å²) in [7, 11) is 1.64. The van der Waals surface area contributed by atoms with Crippen LogP contribution < -0.4 is 10.1 Å². The monoisotopic (exact) mass is 365 g/mol. The lowest BCUT2D eigenvalue weighted by Crippen LogP contribution is -2.04. The number of nitrogens with one attached hydrogen (secondary N) is 1. The van der Waals surface area contributed by atoms with E-state index in [4.69, 9.17) is 9.15 Å². The summed E-state index contributed by atoms with van der Waals surface area (Å²) >= 11 is 0. The van der Waals surface area contributed by atoms with E-state index in [2.05, 4.69) is 12.2 Å². The lowest BCUT2D eigenvalue weighted by molar-refractivity contribution is -0.110. The largest absolute Gasteiger partial charge is 0.497 e. The third-order valence-electron chi connectivity index (χ3n) is 5.63. The highest BCUT2D eigenvalue weighted by Crippen LogP contribution is 2.38. The van der Waals surface area contributed by atoms with Gasteiger partial charge in [-0.05, 0) is 61.9 Å². The zero-order valence-corrected chi connectivity index (χ0v) is 16.2. The standard InChI is InChI=1S/C23H27NO3/c1-3-4-5-8-17-16-9-6-7-10-21(16)27-22(17)14-19-18-13-15(26-2)11-12-20(18)24-23(19)25/h11-14H,3-10H2,1-2H3,(H,24,25). The number of ether oxygens (including phenoxy) is 1. The van der Waals surface area contributed by atoms with Gasteiger partial charge in [-0.1, -0.05) is 19.8 Å². The molecule has 0 saturated carbocycles. The minimum atomic E-state index is -0.0767. The van der Waals surface area contributed by atoms with Crippen LogP contribution in [0.3, 0.4) is 0 Å². The predicted molar refractivity (Wildman–Crippen MR) is 108 cm³/mol. The summed E-state index contributed by atoms with van der Waals surface area (Å²) in [6, 6.07) is 5.67. The first kappa shape index (κ1) is 17.9. The number of aryl methyl sites for hydroxylation is 1. The molecule has 0 radical (unpaired) electrons. The first-order valence-corrected chi connectivity index (χ1v) is 10.1. The molecule has 142 valence electrons. The molecule has 4 heteroatoms. The van der Waals surface area contributed by atoms with E-state index < -0.39 is 0 Å². The quantitative estimate of drug-likeness (QED) is 0.551. The fraction of sp³-hybridized carbons (Fsp3) is 0.435. The number of hydrogen-bond donors (Lipinski definition) is 1. The second-order valence-electron chi connectivity index (χ2n) is 7.43. The van der Waals surface area contributed by atoms with Gasteiger partial charge in [0.1, 0.15) is 17.3 Å². The summed E-state index contributed by atoms with van der Waals surface area (Å²) in [6.07, 6.45) is 11.1. The van der Waals surface area contributed by atoms with Crippen molar-refractivity contribution in [3.05, 3.63) is 46.4 Å². The van der Waals surface area contributed by atoms with Crippen LogP contribution in [-0.2, 0) is 24.1 Å². The molecule has 0 spiro atoms. The summed E-state index contributed by atoms with van der Waals surface area (Å²) in [4.78, 5) is 12.6. The van der Waals surface area contributed by atoms with Crippen LogP contribution in [0.25, 0.3) is 11.6 Å². The first-order chi connectivity index (χ1) is 13.2. The van der Waals surface area contributed by atoms with Crippen LogP contribution in [0.15, 0.2) is 22.6 Å². The van der Waals surface area contributed by atoms with Gasteiger partial charge in [0.05, 0.1) is 12.7 Å². The van der Waals surface area contributed by atoms with Gasteiger partial charge < -0.3 is 14.5 Å². The highest BCUT2D eigenvalue weighted by Gasteiger charge is 2.27. The Morgan fingerprint density at radius 2 is 2.07 bits per heavy atom. The highest BCUT2D eigenvalue weighted by molar-refractivity contribution is 6.34. The molecule has 4 rings (SSSR count). The molecule has 1 amide bonds. The molecular weight excluding hydrogens is 338 g/mol. The third-order valence-corrected chi connectivity index (χ3v) is 5.63. The Hall–Kier alpha value is -2.49. The molecular formula is C23H27NO3. The van der Waals surface area contributed by atoms with Gasteiger partial charge in [0, 0.05) is 23.2 Å². The molecule has 1 aromatic heterocycles. The minimum absolute atomic E-state index is 0.0767. The van der Waals surface area contributed by atoms with Gasteiger partial charge in [0.2, 0.25) is 0 Å². The maximum atomic E-state index is 12.6. The fourth-order valence-electron chi connectivity index (χ4n) is 4.16. The Morgan fingerprint density at radius 3 is 2.89 bits per heavy atom. The molecule has 4 nitrogen and oxygen atoms in total. The number of unbranched alkanes of at least 4 members (excludes halogenated alkanes) is 2. The van der Waals surface area contributed by atoms with Gasteiger partial charge in [-0.15, -0.1) is 0 Å². The average Bonchev–Trinajstić information content (AvgIpc) is 3.19. The summed E-state index contributed by atoms with van der Waals surface area (Å²) in [5.74, 6) is 2.67. The van der Waals surface area contributed by atoms with E-state index in [0.717, 1.165) is 54.2 Å². The number of anilines is 1. The minimum Gasteiger partial charge on any atom is -0.497 e. The molecule has 1 aromatic carbocycles. The molecule has 2 aromatic rings. The van der Waals surface area contributed by atoms with Gasteiger partial charge in [-0.25, -0.2) is 0 Å². The summed E-state index contributed by atoms with van der Waals surface area (Å²) < 4.78 is 11.6.